The van der Waals surface area contributed by atoms with Gasteiger partial charge in [0, 0.05) is 37.0 Å². The Labute approximate surface area is 336 Å². The van der Waals surface area contributed by atoms with Gasteiger partial charge in [-0.3, -0.25) is 0 Å². The van der Waals surface area contributed by atoms with E-state index >= 15 is 0 Å². The molecule has 0 saturated carbocycles. The van der Waals surface area contributed by atoms with Crippen molar-refractivity contribution in [3.05, 3.63) is 145 Å². The van der Waals surface area contributed by atoms with E-state index in [0.717, 1.165) is 33.7 Å². The van der Waals surface area contributed by atoms with E-state index in [2.05, 4.69) is 39.3 Å². The van der Waals surface area contributed by atoms with E-state index in [9.17, 15) is 23.7 Å². The molecule has 0 spiro atoms. The summed E-state index contributed by atoms with van der Waals surface area (Å²) in [7, 11) is 1.20. The van der Waals surface area contributed by atoms with Gasteiger partial charge in [-0.25, -0.2) is 15.1 Å². The first-order chi connectivity index (χ1) is 26.3. The minimum atomic E-state index is -4.56. The normalized spacial score (nSPS) is 13.7. The number of fused-ring (bicyclic) bond motifs is 3. The quantitative estimate of drug-likeness (QED) is 0.139. The molecule has 0 bridgehead atoms. The first-order valence-corrected chi connectivity index (χ1v) is 19.7. The number of hydrogen-bond donors (Lipinski definition) is 0. The second-order valence-electron chi connectivity index (χ2n) is 13.3. The first kappa shape index (κ1) is 39.3. The van der Waals surface area contributed by atoms with E-state index in [1.54, 1.807) is 36.4 Å². The summed E-state index contributed by atoms with van der Waals surface area (Å²) in [4.78, 5) is 16.1. The number of aromatic nitrogens is 4. The summed E-state index contributed by atoms with van der Waals surface area (Å²) in [6.07, 6.45) is 3.21. The van der Waals surface area contributed by atoms with Gasteiger partial charge in [-0.2, -0.15) is 43.9 Å². The molecule has 2 aliphatic rings. The smallest absolute Gasteiger partial charge is 0.431 e. The van der Waals surface area contributed by atoms with E-state index in [0.29, 0.717) is 38.8 Å². The van der Waals surface area contributed by atoms with Crippen LogP contribution in [0.1, 0.15) is 16.8 Å². The molecule has 0 atom stereocenters. The molecule has 1 radical (unpaired) electrons. The van der Waals surface area contributed by atoms with Crippen LogP contribution in [0.3, 0.4) is 0 Å². The minimum absolute atomic E-state index is 0. The number of alkyl halides is 3. The monoisotopic (exact) mass is 941 g/mol. The predicted molar refractivity (Wildman–Crippen MR) is 205 cm³/mol. The summed E-state index contributed by atoms with van der Waals surface area (Å²) >= 11 is 0. The van der Waals surface area contributed by atoms with Gasteiger partial charge in [0.25, 0.3) is 0 Å². The molecule has 3 aromatic heterocycles. The Morgan fingerprint density at radius 2 is 1.54 bits per heavy atom. The molecular formula is C40H29F3IrN11Si-5. The standard InChI is InChI=1S/C25H15F3N6Si.C15H14N5.Ir/c1-30-16-8-10-20-18(12-16)17-11-15(14-29)7-9-19(17)34(20)22-5-4-6-23(31-22)35(2,3)24-13-21(32-33-24)25(26,27)28;1-17-3-5-19(11-17)14-7-13(10-16)8-15(9-14)20-6-4-18(2)12-20;/h4-8,10-13H,2-3H3;3-8,11-12H,1-2H3;/q-2;-3;. The molecule has 283 valence electrons. The summed E-state index contributed by atoms with van der Waals surface area (Å²) in [5.41, 5.74) is 3.64. The van der Waals surface area contributed by atoms with Crippen LogP contribution in [-0.4, -0.2) is 46.6 Å². The fourth-order valence-electron chi connectivity index (χ4n) is 6.14. The van der Waals surface area contributed by atoms with E-state index in [4.69, 9.17) is 11.6 Å². The average Bonchev–Trinajstić information content (AvgIpc) is 4.01. The van der Waals surface area contributed by atoms with Crippen LogP contribution in [0.25, 0.3) is 32.5 Å². The van der Waals surface area contributed by atoms with E-state index in [-0.39, 0.29) is 20.1 Å². The molecule has 3 aromatic carbocycles. The van der Waals surface area contributed by atoms with Gasteiger partial charge in [0.1, 0.15) is 19.6 Å². The fourth-order valence-corrected chi connectivity index (χ4v) is 8.11. The van der Waals surface area contributed by atoms with Crippen LogP contribution in [0.2, 0.25) is 13.1 Å². The van der Waals surface area contributed by atoms with Crippen molar-refractivity contribution in [2.75, 3.05) is 23.9 Å². The van der Waals surface area contributed by atoms with Crippen molar-refractivity contribution in [2.45, 2.75) is 19.3 Å². The number of halogens is 3. The van der Waals surface area contributed by atoms with Crippen molar-refractivity contribution in [1.29, 1.82) is 10.5 Å². The first-order valence-electron chi connectivity index (χ1n) is 16.7. The number of anilines is 2. The van der Waals surface area contributed by atoms with Gasteiger partial charge >= 0.3 is 6.18 Å². The predicted octanol–water partition coefficient (Wildman–Crippen LogP) is 6.64. The maximum absolute atomic E-state index is 13.1. The van der Waals surface area contributed by atoms with Crippen LogP contribution in [-0.2, 0) is 26.3 Å². The average molecular weight is 941 g/mol. The van der Waals surface area contributed by atoms with Gasteiger partial charge in [0.2, 0.25) is 0 Å². The minimum Gasteiger partial charge on any atom is -0.582 e. The zero-order valence-electron chi connectivity index (χ0n) is 30.2. The molecule has 16 heteroatoms. The van der Waals surface area contributed by atoms with Crippen molar-refractivity contribution in [1.82, 2.24) is 29.5 Å². The Kier molecular flexibility index (Phi) is 10.8. The largest absolute Gasteiger partial charge is 0.582 e. The molecule has 0 amide bonds. The van der Waals surface area contributed by atoms with Crippen molar-refractivity contribution in [3.63, 3.8) is 0 Å². The van der Waals surface area contributed by atoms with Crippen molar-refractivity contribution in [3.8, 4) is 18.0 Å². The topological polar surface area (TPSA) is 110 Å². The third kappa shape index (κ3) is 7.61. The van der Waals surface area contributed by atoms with Gasteiger partial charge in [-0.05, 0) is 57.1 Å². The van der Waals surface area contributed by atoms with Gasteiger partial charge < -0.3 is 34.4 Å². The molecule has 0 N–H and O–H groups in total. The van der Waals surface area contributed by atoms with Crippen LogP contribution in [0.15, 0.2) is 91.5 Å². The Bertz CT molecular complexity index is 2530. The zero-order chi connectivity index (χ0) is 39.1. The number of hydrogen-bond acceptors (Lipinski definition) is 8. The van der Waals surface area contributed by atoms with Gasteiger partial charge in [0.05, 0.1) is 12.6 Å². The zero-order valence-corrected chi connectivity index (χ0v) is 33.6. The van der Waals surface area contributed by atoms with Gasteiger partial charge in [-0.15, -0.1) is 46.3 Å². The second kappa shape index (κ2) is 15.4. The molecule has 5 heterocycles. The van der Waals surface area contributed by atoms with E-state index in [1.165, 1.54) is 0 Å². The van der Waals surface area contributed by atoms with E-state index < -0.39 is 19.9 Å². The third-order valence-corrected chi connectivity index (χ3v) is 12.1. The number of nitrogens with zero attached hydrogens (tertiary/aromatic N) is 11. The molecule has 6 aromatic rings. The third-order valence-electron chi connectivity index (χ3n) is 9.05. The molecule has 2 aliphatic heterocycles. The Morgan fingerprint density at radius 1 is 0.875 bits per heavy atom. The number of pyridine rings is 1. The summed E-state index contributed by atoms with van der Waals surface area (Å²) in [6, 6.07) is 29.5. The summed E-state index contributed by atoms with van der Waals surface area (Å²) in [5, 5.41) is 28.2. The maximum Gasteiger partial charge on any atom is 0.431 e. The van der Waals surface area contributed by atoms with E-state index in [1.807, 2.05) is 114 Å². The second-order valence-corrected chi connectivity index (χ2v) is 17.5. The van der Waals surface area contributed by atoms with Crippen LogP contribution in [0.4, 0.5) is 30.2 Å². The maximum atomic E-state index is 13.1. The molecule has 0 aliphatic carbocycles. The molecular weight excluding hydrogens is 912 g/mol. The fraction of sp³-hybridized carbons (Fsp3) is 0.125. The van der Waals surface area contributed by atoms with Gasteiger partial charge in [-0.1, -0.05) is 59.4 Å². The Hall–Kier alpha value is -6.37. The number of benzene rings is 3. The Morgan fingerprint density at radius 3 is 2.09 bits per heavy atom. The Balaban J connectivity index is 0.000000215. The molecule has 11 nitrogen and oxygen atoms in total. The van der Waals surface area contributed by atoms with Crippen LogP contribution in [0, 0.1) is 54.7 Å². The number of nitriles is 2. The van der Waals surface area contributed by atoms with Crippen molar-refractivity contribution < 1.29 is 33.3 Å². The van der Waals surface area contributed by atoms with Crippen molar-refractivity contribution in [2.24, 2.45) is 0 Å². The molecule has 0 saturated heterocycles. The van der Waals surface area contributed by atoms with Gasteiger partial charge in [0.15, 0.2) is 5.69 Å². The molecule has 0 fully saturated rings. The van der Waals surface area contributed by atoms with Crippen LogP contribution in [0.5, 0.6) is 0 Å². The molecule has 0 unspecified atom stereocenters. The van der Waals surface area contributed by atoms with Crippen LogP contribution >= 0.6 is 0 Å². The molecule has 8 rings (SSSR count). The SMILES string of the molecule is CN1C=CN(c2[c-]c(N3C=CN(C)[CH-]3)cc(C#N)c2)[CH-]1.[C-]#[N+]c1ccc2c(c1)c1cc(C#N)c[c-]c1n2-c1cccc([Si](C)(C)c2cc(C(F)(F)F)n[n-]2)n1.[Ir]. The summed E-state index contributed by atoms with van der Waals surface area (Å²) < 4.78 is 41.2. The van der Waals surface area contributed by atoms with Crippen LogP contribution < -0.4 is 25.5 Å². The number of rotatable bonds is 5. The van der Waals surface area contributed by atoms with Crippen molar-refractivity contribution >= 4 is 57.6 Å². The summed E-state index contributed by atoms with van der Waals surface area (Å²) in [6.45, 7) is 15.0. The summed E-state index contributed by atoms with van der Waals surface area (Å²) in [5.74, 6) is 0.551. The molecule has 56 heavy (non-hydrogen) atoms.